The number of benzene rings is 1. The second kappa shape index (κ2) is 6.46. The van der Waals surface area contributed by atoms with Crippen LogP contribution in [0.3, 0.4) is 0 Å². The van der Waals surface area contributed by atoms with Gasteiger partial charge in [0.2, 0.25) is 0 Å². The predicted molar refractivity (Wildman–Crippen MR) is 63.6 cm³/mol. The Morgan fingerprint density at radius 2 is 1.75 bits per heavy atom. The fraction of sp³-hybridized carbons (Fsp3) is 0.538. The van der Waals surface area contributed by atoms with Gasteiger partial charge in [0.25, 0.3) is 0 Å². The molecule has 0 bridgehead atoms. The summed E-state index contributed by atoms with van der Waals surface area (Å²) in [5, 5.41) is 3.07. The largest absolute Gasteiger partial charge is 0.380 e. The zero-order valence-electron chi connectivity index (χ0n) is 9.89. The Balaban J connectivity index is 2.72. The first kappa shape index (κ1) is 12.9. The molecule has 16 heavy (non-hydrogen) atoms. The van der Waals surface area contributed by atoms with Crippen LogP contribution in [0.4, 0.5) is 14.5 Å². The molecule has 0 aromatic heterocycles. The van der Waals surface area contributed by atoms with E-state index >= 15 is 0 Å². The first-order valence-corrected chi connectivity index (χ1v) is 5.89. The van der Waals surface area contributed by atoms with E-state index in [1.165, 1.54) is 6.07 Å². The van der Waals surface area contributed by atoms with Gasteiger partial charge in [-0.05, 0) is 25.0 Å². The molecular formula is C13H19F2N. The van der Waals surface area contributed by atoms with Crippen LogP contribution < -0.4 is 5.32 Å². The smallest absolute Gasteiger partial charge is 0.181 e. The van der Waals surface area contributed by atoms with Crippen LogP contribution in [0, 0.1) is 11.6 Å². The van der Waals surface area contributed by atoms with Crippen LogP contribution in [-0.4, -0.2) is 6.04 Å². The number of rotatable bonds is 6. The van der Waals surface area contributed by atoms with Gasteiger partial charge in [-0.1, -0.05) is 32.8 Å². The van der Waals surface area contributed by atoms with Crippen molar-refractivity contribution in [1.29, 1.82) is 0 Å². The Morgan fingerprint density at radius 3 is 2.31 bits per heavy atom. The van der Waals surface area contributed by atoms with Gasteiger partial charge >= 0.3 is 0 Å². The lowest BCUT2D eigenvalue weighted by atomic mass is 10.1. The minimum Gasteiger partial charge on any atom is -0.380 e. The quantitative estimate of drug-likeness (QED) is 0.762. The van der Waals surface area contributed by atoms with E-state index in [-0.39, 0.29) is 11.7 Å². The van der Waals surface area contributed by atoms with E-state index in [0.29, 0.717) is 0 Å². The van der Waals surface area contributed by atoms with Crippen molar-refractivity contribution in [3.63, 3.8) is 0 Å². The Kier molecular flexibility index (Phi) is 5.23. The van der Waals surface area contributed by atoms with Gasteiger partial charge in [0.15, 0.2) is 11.6 Å². The molecule has 0 fully saturated rings. The van der Waals surface area contributed by atoms with Crippen molar-refractivity contribution >= 4 is 5.69 Å². The molecule has 90 valence electrons. The summed E-state index contributed by atoms with van der Waals surface area (Å²) in [6.45, 7) is 4.18. The van der Waals surface area contributed by atoms with Crippen LogP contribution in [-0.2, 0) is 0 Å². The summed E-state index contributed by atoms with van der Waals surface area (Å²) in [5.74, 6) is -1.57. The lowest BCUT2D eigenvalue weighted by Crippen LogP contribution is -2.19. The highest BCUT2D eigenvalue weighted by atomic mass is 19.2. The third-order valence-corrected chi connectivity index (χ3v) is 2.59. The molecule has 1 aromatic rings. The molecule has 1 rings (SSSR count). The molecule has 1 nitrogen and oxygen atoms in total. The summed E-state index contributed by atoms with van der Waals surface area (Å²) in [5.41, 5.74) is 0.270. The first-order valence-electron chi connectivity index (χ1n) is 5.89. The van der Waals surface area contributed by atoms with E-state index in [9.17, 15) is 8.78 Å². The normalized spacial score (nSPS) is 10.8. The molecule has 0 aliphatic carbocycles. The molecule has 0 spiro atoms. The van der Waals surface area contributed by atoms with Gasteiger partial charge in [-0.3, -0.25) is 0 Å². The number of hydrogen-bond acceptors (Lipinski definition) is 1. The summed E-state index contributed by atoms with van der Waals surface area (Å²) < 4.78 is 26.4. The topological polar surface area (TPSA) is 12.0 Å². The maximum atomic E-state index is 13.4. The molecule has 1 aromatic carbocycles. The summed E-state index contributed by atoms with van der Waals surface area (Å²) in [7, 11) is 0. The van der Waals surface area contributed by atoms with Crippen molar-refractivity contribution in [3.05, 3.63) is 29.8 Å². The molecule has 0 saturated heterocycles. The van der Waals surface area contributed by atoms with Crippen LogP contribution in [0.25, 0.3) is 0 Å². The molecule has 0 unspecified atom stereocenters. The number of hydrogen-bond donors (Lipinski definition) is 1. The minimum atomic E-state index is -0.795. The average molecular weight is 227 g/mol. The highest BCUT2D eigenvalue weighted by Gasteiger charge is 2.11. The molecule has 0 atom stereocenters. The van der Waals surface area contributed by atoms with E-state index in [2.05, 4.69) is 19.2 Å². The van der Waals surface area contributed by atoms with Gasteiger partial charge in [-0.25, -0.2) is 8.78 Å². The van der Waals surface area contributed by atoms with Crippen molar-refractivity contribution in [2.45, 2.75) is 45.6 Å². The molecule has 0 amide bonds. The van der Waals surface area contributed by atoms with E-state index < -0.39 is 11.6 Å². The minimum absolute atomic E-state index is 0.228. The highest BCUT2D eigenvalue weighted by Crippen LogP contribution is 2.20. The van der Waals surface area contributed by atoms with Crippen molar-refractivity contribution < 1.29 is 8.78 Å². The van der Waals surface area contributed by atoms with Crippen molar-refractivity contribution in [3.8, 4) is 0 Å². The molecule has 0 radical (unpaired) electrons. The van der Waals surface area contributed by atoms with Crippen LogP contribution in [0.5, 0.6) is 0 Å². The predicted octanol–water partition coefficient (Wildman–Crippen LogP) is 4.35. The fourth-order valence-electron chi connectivity index (χ4n) is 1.82. The van der Waals surface area contributed by atoms with Gasteiger partial charge in [0.05, 0.1) is 5.69 Å². The summed E-state index contributed by atoms with van der Waals surface area (Å²) >= 11 is 0. The zero-order chi connectivity index (χ0) is 12.0. The van der Waals surface area contributed by atoms with E-state index in [1.54, 1.807) is 6.07 Å². The first-order chi connectivity index (χ1) is 7.69. The fourth-order valence-corrected chi connectivity index (χ4v) is 1.82. The van der Waals surface area contributed by atoms with Gasteiger partial charge in [-0.15, -0.1) is 0 Å². The summed E-state index contributed by atoms with van der Waals surface area (Å²) in [6.07, 6.45) is 4.02. The van der Waals surface area contributed by atoms with Gasteiger partial charge < -0.3 is 5.32 Å². The third-order valence-electron chi connectivity index (χ3n) is 2.59. The third kappa shape index (κ3) is 3.47. The van der Waals surface area contributed by atoms with Crippen molar-refractivity contribution in [2.75, 3.05) is 5.32 Å². The number of anilines is 1. The van der Waals surface area contributed by atoms with Crippen molar-refractivity contribution in [2.24, 2.45) is 0 Å². The van der Waals surface area contributed by atoms with Crippen LogP contribution in [0.1, 0.15) is 39.5 Å². The summed E-state index contributed by atoms with van der Waals surface area (Å²) in [4.78, 5) is 0. The zero-order valence-corrected chi connectivity index (χ0v) is 9.89. The Labute approximate surface area is 95.9 Å². The second-order valence-corrected chi connectivity index (χ2v) is 4.02. The Morgan fingerprint density at radius 1 is 1.12 bits per heavy atom. The molecule has 0 saturated carbocycles. The van der Waals surface area contributed by atoms with Gasteiger partial charge in [-0.2, -0.15) is 0 Å². The molecule has 0 aliphatic rings. The van der Waals surface area contributed by atoms with Crippen LogP contribution in [0.2, 0.25) is 0 Å². The molecule has 0 heterocycles. The molecule has 3 heteroatoms. The molecule has 0 aliphatic heterocycles. The monoisotopic (exact) mass is 227 g/mol. The number of nitrogens with one attached hydrogen (secondary N) is 1. The Bertz CT molecular complexity index is 320. The van der Waals surface area contributed by atoms with Crippen LogP contribution >= 0.6 is 0 Å². The SMILES string of the molecule is CCCC(CCC)Nc1cccc(F)c1F. The number of halogens is 2. The van der Waals surface area contributed by atoms with Crippen molar-refractivity contribution in [1.82, 2.24) is 0 Å². The lowest BCUT2D eigenvalue weighted by Gasteiger charge is -2.19. The van der Waals surface area contributed by atoms with E-state index in [0.717, 1.165) is 31.7 Å². The average Bonchev–Trinajstić information content (AvgIpc) is 2.25. The maximum Gasteiger partial charge on any atom is 0.181 e. The summed E-state index contributed by atoms with van der Waals surface area (Å²) in [6, 6.07) is 4.47. The van der Waals surface area contributed by atoms with Gasteiger partial charge in [0, 0.05) is 6.04 Å². The van der Waals surface area contributed by atoms with E-state index in [4.69, 9.17) is 0 Å². The maximum absolute atomic E-state index is 13.4. The highest BCUT2D eigenvalue weighted by molar-refractivity contribution is 5.45. The lowest BCUT2D eigenvalue weighted by molar-refractivity contribution is 0.506. The standard InChI is InChI=1S/C13H19F2N/c1-3-6-10(7-4-2)16-12-9-5-8-11(14)13(12)15/h5,8-10,16H,3-4,6-7H2,1-2H3. The van der Waals surface area contributed by atoms with E-state index in [1.807, 2.05) is 0 Å². The second-order valence-electron chi connectivity index (χ2n) is 4.02. The van der Waals surface area contributed by atoms with Gasteiger partial charge in [0.1, 0.15) is 0 Å². The molecular weight excluding hydrogens is 208 g/mol. The Hall–Kier alpha value is -1.12. The van der Waals surface area contributed by atoms with Crippen LogP contribution in [0.15, 0.2) is 18.2 Å². The molecule has 1 N–H and O–H groups in total.